The summed E-state index contributed by atoms with van der Waals surface area (Å²) in [5.41, 5.74) is 2.50. The van der Waals surface area contributed by atoms with Gasteiger partial charge in [-0.05, 0) is 31.2 Å². The highest BCUT2D eigenvalue weighted by molar-refractivity contribution is 5.85. The summed E-state index contributed by atoms with van der Waals surface area (Å²) in [6.45, 7) is 2.61. The summed E-state index contributed by atoms with van der Waals surface area (Å²) in [5, 5.41) is 3.53. The van der Waals surface area contributed by atoms with Crippen molar-refractivity contribution >= 4 is 17.9 Å². The molecule has 1 aliphatic heterocycles. The molecule has 1 saturated carbocycles. The zero-order chi connectivity index (χ0) is 20.0. The second-order valence-electron chi connectivity index (χ2n) is 8.29. The first-order valence-corrected chi connectivity index (χ1v) is 10.5. The molecule has 1 aliphatic carbocycles. The second-order valence-corrected chi connectivity index (χ2v) is 8.29. The standard InChI is InChI=1S/C23H34N4O/c1-24-22(25-18-23(13-7-8-14-23)21(28)26(2)3)27-15-11-20(12-16-27)17-19-9-5-4-6-10-19/h4-6,9-10,17H,7-8,11-16,18H2,1-3H3,(H,24,25). The Balaban J connectivity index is 1.58. The average Bonchev–Trinajstić information content (AvgIpc) is 3.20. The monoisotopic (exact) mass is 382 g/mol. The first-order valence-electron chi connectivity index (χ1n) is 10.5. The van der Waals surface area contributed by atoms with Gasteiger partial charge in [-0.15, -0.1) is 0 Å². The Morgan fingerprint density at radius 3 is 2.39 bits per heavy atom. The number of aliphatic imine (C=N–C) groups is 1. The number of benzene rings is 1. The number of guanidine groups is 1. The SMILES string of the molecule is CN=C(NCC1(C(=O)N(C)C)CCCC1)N1CCC(=Cc2ccccc2)CC1. The maximum atomic E-state index is 12.8. The van der Waals surface area contributed by atoms with E-state index in [1.807, 2.05) is 21.1 Å². The highest BCUT2D eigenvalue weighted by Crippen LogP contribution is 2.39. The summed E-state index contributed by atoms with van der Waals surface area (Å²) in [6, 6.07) is 10.5. The van der Waals surface area contributed by atoms with Crippen LogP contribution in [0.2, 0.25) is 0 Å². The largest absolute Gasteiger partial charge is 0.355 e. The van der Waals surface area contributed by atoms with Gasteiger partial charge in [0.05, 0.1) is 5.41 Å². The molecule has 28 heavy (non-hydrogen) atoms. The van der Waals surface area contributed by atoms with Crippen LogP contribution in [0.5, 0.6) is 0 Å². The molecule has 0 radical (unpaired) electrons. The van der Waals surface area contributed by atoms with Crippen LogP contribution in [-0.4, -0.2) is 62.4 Å². The van der Waals surface area contributed by atoms with Crippen LogP contribution < -0.4 is 5.32 Å². The fraction of sp³-hybridized carbons (Fsp3) is 0.565. The van der Waals surface area contributed by atoms with Crippen molar-refractivity contribution in [1.82, 2.24) is 15.1 Å². The van der Waals surface area contributed by atoms with Crippen molar-refractivity contribution < 1.29 is 4.79 Å². The topological polar surface area (TPSA) is 47.9 Å². The predicted octanol–water partition coefficient (Wildman–Crippen LogP) is 3.39. The summed E-state index contributed by atoms with van der Waals surface area (Å²) in [7, 11) is 5.57. The molecule has 0 bridgehead atoms. The number of hydrogen-bond acceptors (Lipinski definition) is 2. The van der Waals surface area contributed by atoms with Gasteiger partial charge in [0.25, 0.3) is 0 Å². The van der Waals surface area contributed by atoms with Gasteiger partial charge in [0.2, 0.25) is 5.91 Å². The summed E-state index contributed by atoms with van der Waals surface area (Å²) in [5.74, 6) is 1.18. The van der Waals surface area contributed by atoms with E-state index in [1.54, 1.807) is 4.90 Å². The van der Waals surface area contributed by atoms with E-state index < -0.39 is 0 Å². The lowest BCUT2D eigenvalue weighted by atomic mass is 9.84. The van der Waals surface area contributed by atoms with Gasteiger partial charge in [0.1, 0.15) is 0 Å². The molecule has 1 heterocycles. The molecule has 0 atom stereocenters. The number of carbonyl (C=O) groups excluding carboxylic acids is 1. The summed E-state index contributed by atoms with van der Waals surface area (Å²) < 4.78 is 0. The molecule has 152 valence electrons. The molecule has 1 amide bonds. The molecule has 1 saturated heterocycles. The van der Waals surface area contributed by atoms with Crippen molar-refractivity contribution in [3.63, 3.8) is 0 Å². The van der Waals surface area contributed by atoms with Gasteiger partial charge >= 0.3 is 0 Å². The molecule has 5 heteroatoms. The third-order valence-corrected chi connectivity index (χ3v) is 6.09. The van der Waals surface area contributed by atoms with Gasteiger partial charge in [-0.3, -0.25) is 9.79 Å². The Labute approximate surface area is 169 Å². The fourth-order valence-electron chi connectivity index (χ4n) is 4.51. The second kappa shape index (κ2) is 9.26. The Morgan fingerprint density at radius 2 is 1.82 bits per heavy atom. The molecule has 0 spiro atoms. The number of rotatable bonds is 4. The van der Waals surface area contributed by atoms with Crippen LogP contribution in [0.15, 0.2) is 40.9 Å². The highest BCUT2D eigenvalue weighted by atomic mass is 16.2. The highest BCUT2D eigenvalue weighted by Gasteiger charge is 2.42. The smallest absolute Gasteiger partial charge is 0.230 e. The molecular weight excluding hydrogens is 348 g/mol. The van der Waals surface area contributed by atoms with E-state index >= 15 is 0 Å². The van der Waals surface area contributed by atoms with Crippen LogP contribution in [-0.2, 0) is 4.79 Å². The van der Waals surface area contributed by atoms with Crippen molar-refractivity contribution in [2.45, 2.75) is 38.5 Å². The van der Waals surface area contributed by atoms with Crippen molar-refractivity contribution in [3.05, 3.63) is 41.5 Å². The van der Waals surface area contributed by atoms with Crippen molar-refractivity contribution in [2.75, 3.05) is 40.8 Å². The molecule has 0 aromatic heterocycles. The molecule has 1 aromatic carbocycles. The van der Waals surface area contributed by atoms with Gasteiger partial charge in [-0.25, -0.2) is 0 Å². The number of hydrogen-bond donors (Lipinski definition) is 1. The van der Waals surface area contributed by atoms with E-state index in [1.165, 1.54) is 11.1 Å². The minimum Gasteiger partial charge on any atom is -0.355 e. The predicted molar refractivity (Wildman–Crippen MR) is 116 cm³/mol. The number of piperidine rings is 1. The van der Waals surface area contributed by atoms with Crippen LogP contribution in [0.1, 0.15) is 44.1 Å². The maximum Gasteiger partial charge on any atom is 0.230 e. The maximum absolute atomic E-state index is 12.8. The number of carbonyl (C=O) groups is 1. The normalized spacial score (nSPS) is 19.5. The number of nitrogens with one attached hydrogen (secondary N) is 1. The molecule has 1 aromatic rings. The van der Waals surface area contributed by atoms with Crippen molar-refractivity contribution in [1.29, 1.82) is 0 Å². The number of nitrogens with zero attached hydrogens (tertiary/aromatic N) is 3. The lowest BCUT2D eigenvalue weighted by molar-refractivity contribution is -0.138. The summed E-state index contributed by atoms with van der Waals surface area (Å²) in [4.78, 5) is 21.4. The zero-order valence-electron chi connectivity index (χ0n) is 17.6. The minimum atomic E-state index is -0.270. The van der Waals surface area contributed by atoms with Gasteiger partial charge in [-0.2, -0.15) is 0 Å². The van der Waals surface area contributed by atoms with E-state index in [4.69, 9.17) is 0 Å². The number of amides is 1. The Bertz CT molecular complexity index is 707. The third kappa shape index (κ3) is 4.75. The van der Waals surface area contributed by atoms with Gasteiger partial charge in [0, 0.05) is 40.8 Å². The van der Waals surface area contributed by atoms with E-state index in [0.29, 0.717) is 6.54 Å². The molecule has 1 N–H and O–H groups in total. The molecule has 2 fully saturated rings. The van der Waals surface area contributed by atoms with Crippen LogP contribution in [0, 0.1) is 5.41 Å². The van der Waals surface area contributed by atoms with Crippen LogP contribution in [0.25, 0.3) is 6.08 Å². The quantitative estimate of drug-likeness (QED) is 0.641. The first-order chi connectivity index (χ1) is 13.5. The Morgan fingerprint density at radius 1 is 1.18 bits per heavy atom. The Hall–Kier alpha value is -2.30. The van der Waals surface area contributed by atoms with E-state index in [2.05, 4.69) is 51.6 Å². The number of likely N-dealkylation sites (tertiary alicyclic amines) is 1. The van der Waals surface area contributed by atoms with E-state index in [9.17, 15) is 4.79 Å². The lowest BCUT2D eigenvalue weighted by Crippen LogP contribution is -2.51. The lowest BCUT2D eigenvalue weighted by Gasteiger charge is -2.35. The first kappa shape index (κ1) is 20.4. The molecule has 0 unspecified atom stereocenters. The van der Waals surface area contributed by atoms with Gasteiger partial charge in [0.15, 0.2) is 5.96 Å². The third-order valence-electron chi connectivity index (χ3n) is 6.09. The zero-order valence-corrected chi connectivity index (χ0v) is 17.6. The van der Waals surface area contributed by atoms with Crippen LogP contribution in [0.4, 0.5) is 0 Å². The summed E-state index contributed by atoms with van der Waals surface area (Å²) in [6.07, 6.45) is 8.63. The average molecular weight is 383 g/mol. The summed E-state index contributed by atoms with van der Waals surface area (Å²) >= 11 is 0. The van der Waals surface area contributed by atoms with Gasteiger partial charge in [-0.1, -0.05) is 54.8 Å². The van der Waals surface area contributed by atoms with Gasteiger partial charge < -0.3 is 15.1 Å². The van der Waals surface area contributed by atoms with Crippen molar-refractivity contribution in [2.24, 2.45) is 10.4 Å². The minimum absolute atomic E-state index is 0.250. The van der Waals surface area contributed by atoms with Crippen molar-refractivity contribution in [3.8, 4) is 0 Å². The fourth-order valence-corrected chi connectivity index (χ4v) is 4.51. The van der Waals surface area contributed by atoms with E-state index in [0.717, 1.165) is 57.6 Å². The van der Waals surface area contributed by atoms with Crippen LogP contribution in [0.3, 0.4) is 0 Å². The Kier molecular flexibility index (Phi) is 6.76. The molecule has 2 aliphatic rings. The van der Waals surface area contributed by atoms with Crippen LogP contribution >= 0.6 is 0 Å². The molecule has 3 rings (SSSR count). The molecule has 5 nitrogen and oxygen atoms in total. The molecular formula is C23H34N4O. The van der Waals surface area contributed by atoms with E-state index in [-0.39, 0.29) is 11.3 Å².